The van der Waals surface area contributed by atoms with Gasteiger partial charge in [0, 0.05) is 18.5 Å². The lowest BCUT2D eigenvalue weighted by Crippen LogP contribution is -2.24. The maximum Gasteiger partial charge on any atom is 0.0703 e. The molecule has 94 valence electrons. The Hall–Kier alpha value is -1.61. The molecule has 3 rings (SSSR count). The zero-order chi connectivity index (χ0) is 12.2. The monoisotopic (exact) mass is 242 g/mol. The number of rotatable bonds is 3. The fourth-order valence-electron chi connectivity index (χ4n) is 2.40. The minimum Gasteiger partial charge on any atom is -0.383 e. The number of hydrogen-bond donors (Lipinski definition) is 1. The van der Waals surface area contributed by atoms with Gasteiger partial charge in [0.25, 0.3) is 0 Å². The van der Waals surface area contributed by atoms with Crippen LogP contribution in [0.25, 0.3) is 10.9 Å². The van der Waals surface area contributed by atoms with E-state index in [1.807, 2.05) is 24.4 Å². The van der Waals surface area contributed by atoms with Gasteiger partial charge in [-0.3, -0.25) is 4.98 Å². The van der Waals surface area contributed by atoms with Crippen molar-refractivity contribution >= 4 is 16.6 Å². The van der Waals surface area contributed by atoms with E-state index in [0.29, 0.717) is 5.92 Å². The molecule has 1 N–H and O–H groups in total. The Morgan fingerprint density at radius 3 is 3.17 bits per heavy atom. The van der Waals surface area contributed by atoms with Gasteiger partial charge in [0.1, 0.15) is 0 Å². The molecular weight excluding hydrogens is 224 g/mol. The summed E-state index contributed by atoms with van der Waals surface area (Å²) in [7, 11) is 0. The normalized spacial score (nSPS) is 19.9. The molecule has 0 amide bonds. The summed E-state index contributed by atoms with van der Waals surface area (Å²) in [4.78, 5) is 4.45. The fourth-order valence-corrected chi connectivity index (χ4v) is 2.40. The number of para-hydroxylation sites is 1. The van der Waals surface area contributed by atoms with E-state index in [9.17, 15) is 0 Å². The van der Waals surface area contributed by atoms with Crippen molar-refractivity contribution in [1.82, 2.24) is 4.98 Å². The zero-order valence-electron chi connectivity index (χ0n) is 10.4. The van der Waals surface area contributed by atoms with Crippen molar-refractivity contribution in [2.24, 2.45) is 5.92 Å². The Morgan fingerprint density at radius 2 is 2.28 bits per heavy atom. The Bertz CT molecular complexity index is 521. The van der Waals surface area contributed by atoms with Gasteiger partial charge in [0.05, 0.1) is 24.0 Å². The second-order valence-corrected chi connectivity index (χ2v) is 4.88. The maximum absolute atomic E-state index is 5.49. The second-order valence-electron chi connectivity index (χ2n) is 4.88. The molecule has 1 fully saturated rings. The molecule has 1 saturated heterocycles. The number of hydrogen-bond acceptors (Lipinski definition) is 3. The minimum atomic E-state index is 0.630. The first-order chi connectivity index (χ1) is 8.92. The van der Waals surface area contributed by atoms with E-state index in [1.54, 1.807) is 0 Å². The first kappa shape index (κ1) is 11.5. The highest BCUT2D eigenvalue weighted by Crippen LogP contribution is 2.18. The molecule has 2 aromatic rings. The molecule has 1 aliphatic heterocycles. The van der Waals surface area contributed by atoms with Crippen LogP contribution in [0.15, 0.2) is 36.5 Å². The predicted molar refractivity (Wildman–Crippen MR) is 73.8 cm³/mol. The largest absolute Gasteiger partial charge is 0.383 e. The van der Waals surface area contributed by atoms with Crippen molar-refractivity contribution < 1.29 is 4.74 Å². The van der Waals surface area contributed by atoms with Crippen LogP contribution in [0.5, 0.6) is 0 Å². The SMILES string of the molecule is c1ccc2ncc(NCC3CCCOC3)cc2c1. The topological polar surface area (TPSA) is 34.2 Å². The van der Waals surface area contributed by atoms with E-state index in [2.05, 4.69) is 22.4 Å². The van der Waals surface area contributed by atoms with Crippen molar-refractivity contribution in [3.05, 3.63) is 36.5 Å². The molecule has 3 heteroatoms. The van der Waals surface area contributed by atoms with E-state index >= 15 is 0 Å². The number of nitrogens with zero attached hydrogens (tertiary/aromatic N) is 1. The van der Waals surface area contributed by atoms with Crippen LogP contribution in [0, 0.1) is 5.92 Å². The highest BCUT2D eigenvalue weighted by Gasteiger charge is 2.13. The number of benzene rings is 1. The molecule has 0 saturated carbocycles. The first-order valence-electron chi connectivity index (χ1n) is 6.58. The summed E-state index contributed by atoms with van der Waals surface area (Å²) in [5.41, 5.74) is 2.14. The van der Waals surface area contributed by atoms with Crippen molar-refractivity contribution in [2.45, 2.75) is 12.8 Å². The fraction of sp³-hybridized carbons (Fsp3) is 0.400. The Balaban J connectivity index is 1.66. The third-order valence-corrected chi connectivity index (χ3v) is 3.44. The van der Waals surface area contributed by atoms with Gasteiger partial charge in [0.2, 0.25) is 0 Å². The van der Waals surface area contributed by atoms with Crippen LogP contribution in [0.3, 0.4) is 0 Å². The van der Waals surface area contributed by atoms with Crippen LogP contribution >= 0.6 is 0 Å². The minimum absolute atomic E-state index is 0.630. The van der Waals surface area contributed by atoms with Crippen LogP contribution in [0.1, 0.15) is 12.8 Å². The molecule has 1 aromatic carbocycles. The lowest BCUT2D eigenvalue weighted by Gasteiger charge is -2.22. The summed E-state index contributed by atoms with van der Waals surface area (Å²) < 4.78 is 5.49. The summed E-state index contributed by atoms with van der Waals surface area (Å²) in [6.07, 6.45) is 4.35. The maximum atomic E-state index is 5.49. The number of pyridine rings is 1. The second kappa shape index (κ2) is 5.36. The average Bonchev–Trinajstić information content (AvgIpc) is 2.46. The molecule has 1 aromatic heterocycles. The van der Waals surface area contributed by atoms with Crippen molar-refractivity contribution in [3.63, 3.8) is 0 Å². The molecule has 1 aliphatic rings. The molecule has 0 aliphatic carbocycles. The van der Waals surface area contributed by atoms with Gasteiger partial charge in [-0.15, -0.1) is 0 Å². The first-order valence-corrected chi connectivity index (χ1v) is 6.58. The lowest BCUT2D eigenvalue weighted by atomic mass is 10.0. The molecule has 3 nitrogen and oxygen atoms in total. The third kappa shape index (κ3) is 2.62. The summed E-state index contributed by atoms with van der Waals surface area (Å²) in [5, 5.41) is 4.65. The molecule has 0 spiro atoms. The average molecular weight is 242 g/mol. The molecule has 18 heavy (non-hydrogen) atoms. The molecular formula is C15H18N2O. The number of nitrogens with one attached hydrogen (secondary N) is 1. The van der Waals surface area contributed by atoms with Crippen LogP contribution < -0.4 is 5.32 Å². The summed E-state index contributed by atoms with van der Waals surface area (Å²) in [6.45, 7) is 2.78. The molecule has 0 bridgehead atoms. The van der Waals surface area contributed by atoms with Crippen molar-refractivity contribution in [1.29, 1.82) is 0 Å². The third-order valence-electron chi connectivity index (χ3n) is 3.44. The quantitative estimate of drug-likeness (QED) is 0.898. The Labute approximate surface area is 107 Å². The summed E-state index contributed by atoms with van der Waals surface area (Å²) >= 11 is 0. The lowest BCUT2D eigenvalue weighted by molar-refractivity contribution is 0.0595. The summed E-state index contributed by atoms with van der Waals surface area (Å²) in [5.74, 6) is 0.630. The van der Waals surface area contributed by atoms with Crippen LogP contribution in [0.4, 0.5) is 5.69 Å². The van der Waals surface area contributed by atoms with Crippen LogP contribution in [-0.2, 0) is 4.74 Å². The molecule has 1 atom stereocenters. The highest BCUT2D eigenvalue weighted by molar-refractivity contribution is 5.81. The van der Waals surface area contributed by atoms with Crippen LogP contribution in [-0.4, -0.2) is 24.7 Å². The predicted octanol–water partition coefficient (Wildman–Crippen LogP) is 3.07. The van der Waals surface area contributed by atoms with Gasteiger partial charge in [-0.25, -0.2) is 0 Å². The smallest absolute Gasteiger partial charge is 0.0703 e. The van der Waals surface area contributed by atoms with E-state index in [1.165, 1.54) is 18.2 Å². The van der Waals surface area contributed by atoms with Crippen molar-refractivity contribution in [3.8, 4) is 0 Å². The van der Waals surface area contributed by atoms with Gasteiger partial charge >= 0.3 is 0 Å². The number of anilines is 1. The van der Waals surface area contributed by atoms with Gasteiger partial charge in [-0.2, -0.15) is 0 Å². The van der Waals surface area contributed by atoms with Crippen LogP contribution in [0.2, 0.25) is 0 Å². The van der Waals surface area contributed by atoms with Gasteiger partial charge in [0.15, 0.2) is 0 Å². The number of aromatic nitrogens is 1. The number of fused-ring (bicyclic) bond motifs is 1. The van der Waals surface area contributed by atoms with E-state index < -0.39 is 0 Å². The standard InChI is InChI=1S/C15H18N2O/c1-2-6-15-13(5-1)8-14(10-17-15)16-9-12-4-3-7-18-11-12/h1-2,5-6,8,10,12,16H,3-4,7,9,11H2. The van der Waals surface area contributed by atoms with Gasteiger partial charge in [-0.05, 0) is 30.9 Å². The molecule has 2 heterocycles. The highest BCUT2D eigenvalue weighted by atomic mass is 16.5. The number of ether oxygens (including phenoxy) is 1. The molecule has 0 radical (unpaired) electrons. The van der Waals surface area contributed by atoms with Gasteiger partial charge < -0.3 is 10.1 Å². The van der Waals surface area contributed by atoms with Gasteiger partial charge in [-0.1, -0.05) is 18.2 Å². The zero-order valence-corrected chi connectivity index (χ0v) is 10.4. The van der Waals surface area contributed by atoms with E-state index in [-0.39, 0.29) is 0 Å². The Kier molecular flexibility index (Phi) is 3.42. The Morgan fingerprint density at radius 1 is 1.33 bits per heavy atom. The summed E-state index contributed by atoms with van der Waals surface area (Å²) in [6, 6.07) is 10.3. The van der Waals surface area contributed by atoms with E-state index in [0.717, 1.165) is 31.0 Å². The molecule has 1 unspecified atom stereocenters. The van der Waals surface area contributed by atoms with E-state index in [4.69, 9.17) is 4.74 Å². The van der Waals surface area contributed by atoms with Crippen molar-refractivity contribution in [2.75, 3.05) is 25.1 Å².